The molecule has 1 aromatic heterocycles. The summed E-state index contributed by atoms with van der Waals surface area (Å²) in [6.45, 7) is 10.4. The molecule has 27 heavy (non-hydrogen) atoms. The van der Waals surface area contributed by atoms with E-state index in [4.69, 9.17) is 13.9 Å². The van der Waals surface area contributed by atoms with Crippen LogP contribution in [0, 0.1) is 0 Å². The van der Waals surface area contributed by atoms with Crippen LogP contribution >= 0.6 is 24.0 Å². The first-order chi connectivity index (χ1) is 12.5. The first kappa shape index (κ1) is 21.3. The fourth-order valence-corrected chi connectivity index (χ4v) is 2.45. The van der Waals surface area contributed by atoms with Crippen LogP contribution in [0.1, 0.15) is 44.9 Å². The van der Waals surface area contributed by atoms with Gasteiger partial charge in [0.15, 0.2) is 17.5 Å². The number of rotatable bonds is 5. The Morgan fingerprint density at radius 3 is 2.67 bits per heavy atom. The Kier molecular flexibility index (Phi) is 7.34. The highest BCUT2D eigenvalue weighted by atomic mass is 127. The van der Waals surface area contributed by atoms with Gasteiger partial charge in [0.25, 0.3) is 0 Å². The minimum Gasteiger partial charge on any atom is -0.454 e. The molecule has 1 aliphatic heterocycles. The highest BCUT2D eigenvalue weighted by Crippen LogP contribution is 2.32. The SMILES string of the molecule is CCNC(=NCc1ccc2c(c1)OCO2)NCc1ncc(C(C)(C)C)o1.I. The number of hydrogen-bond acceptors (Lipinski definition) is 5. The van der Waals surface area contributed by atoms with E-state index in [0.717, 1.165) is 29.4 Å². The second-order valence-electron chi connectivity index (χ2n) is 7.10. The first-order valence-electron chi connectivity index (χ1n) is 8.81. The van der Waals surface area contributed by atoms with Crippen molar-refractivity contribution in [3.05, 3.63) is 41.6 Å². The number of halogens is 1. The number of nitrogens with one attached hydrogen (secondary N) is 2. The lowest BCUT2D eigenvalue weighted by Gasteiger charge is -2.13. The van der Waals surface area contributed by atoms with Crippen LogP contribution in [0.25, 0.3) is 0 Å². The van der Waals surface area contributed by atoms with E-state index in [1.54, 1.807) is 6.20 Å². The molecule has 0 spiro atoms. The van der Waals surface area contributed by atoms with E-state index in [-0.39, 0.29) is 36.2 Å². The van der Waals surface area contributed by atoms with Gasteiger partial charge in [0, 0.05) is 12.0 Å². The van der Waals surface area contributed by atoms with E-state index in [1.165, 1.54) is 0 Å². The number of guanidine groups is 1. The van der Waals surface area contributed by atoms with Gasteiger partial charge in [-0.25, -0.2) is 9.98 Å². The lowest BCUT2D eigenvalue weighted by atomic mass is 9.94. The molecule has 0 fully saturated rings. The second kappa shape index (κ2) is 9.29. The van der Waals surface area contributed by atoms with Crippen LogP contribution in [0.3, 0.4) is 0 Å². The zero-order valence-corrected chi connectivity index (χ0v) is 18.5. The van der Waals surface area contributed by atoms with Crippen LogP contribution in [0.5, 0.6) is 11.5 Å². The predicted molar refractivity (Wildman–Crippen MR) is 115 cm³/mol. The lowest BCUT2D eigenvalue weighted by Crippen LogP contribution is -2.36. The molecule has 0 unspecified atom stereocenters. The van der Waals surface area contributed by atoms with Crippen LogP contribution in [0.15, 0.2) is 33.8 Å². The Bertz CT molecular complexity index is 784. The fourth-order valence-electron chi connectivity index (χ4n) is 2.45. The Morgan fingerprint density at radius 2 is 1.96 bits per heavy atom. The molecule has 1 aromatic carbocycles. The van der Waals surface area contributed by atoms with Gasteiger partial charge in [-0.05, 0) is 24.6 Å². The predicted octanol–water partition coefficient (Wildman–Crippen LogP) is 3.57. The van der Waals surface area contributed by atoms with Crippen molar-refractivity contribution in [2.24, 2.45) is 4.99 Å². The van der Waals surface area contributed by atoms with E-state index in [1.807, 2.05) is 25.1 Å². The molecule has 0 saturated carbocycles. The van der Waals surface area contributed by atoms with E-state index < -0.39 is 0 Å². The van der Waals surface area contributed by atoms with E-state index in [2.05, 4.69) is 41.4 Å². The van der Waals surface area contributed by atoms with Crippen LogP contribution in [0.2, 0.25) is 0 Å². The van der Waals surface area contributed by atoms with Crippen LogP contribution in [0.4, 0.5) is 0 Å². The monoisotopic (exact) mass is 486 g/mol. The smallest absolute Gasteiger partial charge is 0.231 e. The molecule has 0 saturated heterocycles. The number of hydrogen-bond donors (Lipinski definition) is 2. The van der Waals surface area contributed by atoms with Gasteiger partial charge >= 0.3 is 0 Å². The van der Waals surface area contributed by atoms with Crippen LogP contribution in [-0.4, -0.2) is 24.3 Å². The third-order valence-corrected chi connectivity index (χ3v) is 3.90. The van der Waals surface area contributed by atoms with Gasteiger partial charge in [0.05, 0.1) is 19.3 Å². The zero-order valence-electron chi connectivity index (χ0n) is 16.2. The average Bonchev–Trinajstić information content (AvgIpc) is 3.25. The Hall–Kier alpha value is -1.97. The average molecular weight is 486 g/mol. The van der Waals surface area contributed by atoms with Gasteiger partial charge in [-0.3, -0.25) is 0 Å². The number of fused-ring (bicyclic) bond motifs is 1. The molecule has 2 heterocycles. The Balaban J connectivity index is 0.00000261. The third-order valence-electron chi connectivity index (χ3n) is 3.90. The number of aliphatic imine (C=N–C) groups is 1. The van der Waals surface area contributed by atoms with Crippen molar-refractivity contribution in [2.75, 3.05) is 13.3 Å². The summed E-state index contributed by atoms with van der Waals surface area (Å²) in [6, 6.07) is 5.86. The summed E-state index contributed by atoms with van der Waals surface area (Å²) < 4.78 is 16.5. The van der Waals surface area contributed by atoms with Gasteiger partial charge in [0.1, 0.15) is 5.76 Å². The normalized spacial score (nSPS) is 13.3. The number of benzene rings is 1. The van der Waals surface area contributed by atoms with Crippen molar-refractivity contribution < 1.29 is 13.9 Å². The number of ether oxygens (including phenoxy) is 2. The summed E-state index contributed by atoms with van der Waals surface area (Å²) >= 11 is 0. The molecular weight excluding hydrogens is 459 g/mol. The Labute approximate surface area is 177 Å². The second-order valence-corrected chi connectivity index (χ2v) is 7.10. The minimum absolute atomic E-state index is 0. The quantitative estimate of drug-likeness (QED) is 0.382. The van der Waals surface area contributed by atoms with Crippen molar-refractivity contribution in [1.29, 1.82) is 0 Å². The molecule has 2 N–H and O–H groups in total. The summed E-state index contributed by atoms with van der Waals surface area (Å²) in [6.07, 6.45) is 1.79. The maximum absolute atomic E-state index is 5.80. The zero-order chi connectivity index (χ0) is 18.6. The maximum Gasteiger partial charge on any atom is 0.231 e. The van der Waals surface area contributed by atoms with Crippen molar-refractivity contribution >= 4 is 29.9 Å². The highest BCUT2D eigenvalue weighted by Gasteiger charge is 2.19. The fraction of sp³-hybridized carbons (Fsp3) is 0.474. The summed E-state index contributed by atoms with van der Waals surface area (Å²) in [5.74, 6) is 3.77. The number of nitrogens with zero attached hydrogens (tertiary/aromatic N) is 2. The molecule has 0 radical (unpaired) electrons. The van der Waals surface area contributed by atoms with Crippen molar-refractivity contribution in [1.82, 2.24) is 15.6 Å². The van der Waals surface area contributed by atoms with Crippen molar-refractivity contribution in [3.63, 3.8) is 0 Å². The molecule has 148 valence electrons. The molecule has 8 heteroatoms. The van der Waals surface area contributed by atoms with Gasteiger partial charge in [-0.1, -0.05) is 26.8 Å². The molecular formula is C19H27IN4O3. The highest BCUT2D eigenvalue weighted by molar-refractivity contribution is 14.0. The van der Waals surface area contributed by atoms with Crippen molar-refractivity contribution in [2.45, 2.75) is 46.2 Å². The number of oxazole rings is 1. The van der Waals surface area contributed by atoms with Crippen molar-refractivity contribution in [3.8, 4) is 11.5 Å². The van der Waals surface area contributed by atoms with Crippen LogP contribution < -0.4 is 20.1 Å². The molecule has 0 aliphatic carbocycles. The summed E-state index contributed by atoms with van der Waals surface area (Å²) in [5.41, 5.74) is 1.00. The molecule has 3 rings (SSSR count). The largest absolute Gasteiger partial charge is 0.454 e. The van der Waals surface area contributed by atoms with Gasteiger partial charge in [0.2, 0.25) is 12.7 Å². The summed E-state index contributed by atoms with van der Waals surface area (Å²) in [5, 5.41) is 6.48. The first-order valence-corrected chi connectivity index (χ1v) is 8.81. The van der Waals surface area contributed by atoms with E-state index in [0.29, 0.717) is 24.9 Å². The lowest BCUT2D eigenvalue weighted by molar-refractivity contribution is 0.174. The summed E-state index contributed by atoms with van der Waals surface area (Å²) in [7, 11) is 0. The third kappa shape index (κ3) is 5.75. The van der Waals surface area contributed by atoms with Gasteiger partial charge < -0.3 is 24.5 Å². The number of aromatic nitrogens is 1. The van der Waals surface area contributed by atoms with Gasteiger partial charge in [-0.2, -0.15) is 0 Å². The van der Waals surface area contributed by atoms with Crippen LogP contribution in [-0.2, 0) is 18.5 Å². The molecule has 1 aliphatic rings. The topological polar surface area (TPSA) is 80.9 Å². The Morgan fingerprint density at radius 1 is 1.19 bits per heavy atom. The molecule has 2 aromatic rings. The standard InChI is InChI=1S/C19H26N4O3.HI/c1-5-20-18(23-11-17-21-10-16(26-17)19(2,3)4)22-9-13-6-7-14-15(8-13)25-12-24-14;/h6-8,10H,5,9,11-12H2,1-4H3,(H2,20,22,23);1H. The molecule has 7 nitrogen and oxygen atoms in total. The minimum atomic E-state index is -0.0524. The molecule has 0 bridgehead atoms. The molecule has 0 amide bonds. The maximum atomic E-state index is 5.80. The molecule has 0 atom stereocenters. The summed E-state index contributed by atoms with van der Waals surface area (Å²) in [4.78, 5) is 8.94. The van der Waals surface area contributed by atoms with E-state index >= 15 is 0 Å². The van der Waals surface area contributed by atoms with Gasteiger partial charge in [-0.15, -0.1) is 24.0 Å². The van der Waals surface area contributed by atoms with E-state index in [9.17, 15) is 0 Å².